The zero-order valence-corrected chi connectivity index (χ0v) is 15.0. The molecular weight excluding hydrogens is 372 g/mol. The summed E-state index contributed by atoms with van der Waals surface area (Å²) in [6, 6.07) is 13.4. The predicted octanol–water partition coefficient (Wildman–Crippen LogP) is 0.852. The molecular formula is C17H15ClN6O3. The minimum absolute atomic E-state index is 0.321. The maximum Gasteiger partial charge on any atom is 0.369 e. The van der Waals surface area contributed by atoms with Crippen LogP contribution in [-0.2, 0) is 11.3 Å². The second kappa shape index (κ2) is 7.83. The van der Waals surface area contributed by atoms with E-state index >= 15 is 0 Å². The Morgan fingerprint density at radius 3 is 2.44 bits per heavy atom. The lowest BCUT2D eigenvalue weighted by atomic mass is 10.1. The summed E-state index contributed by atoms with van der Waals surface area (Å²) in [5.41, 5.74) is 5.62. The number of carbonyl (C=O) groups excluding carboxylic acids is 2. The van der Waals surface area contributed by atoms with Gasteiger partial charge >= 0.3 is 5.69 Å². The number of para-hydroxylation sites is 1. The van der Waals surface area contributed by atoms with Gasteiger partial charge in [-0.15, -0.1) is 0 Å². The van der Waals surface area contributed by atoms with Gasteiger partial charge in [-0.05, 0) is 41.6 Å². The largest absolute Gasteiger partial charge is 0.369 e. The molecule has 0 aliphatic rings. The summed E-state index contributed by atoms with van der Waals surface area (Å²) in [6.45, 7) is 1.48. The van der Waals surface area contributed by atoms with Crippen LogP contribution in [0.15, 0.2) is 53.3 Å². The standard InChI is InChI=1S/C17H15ClN6O3/c1-11-6-8-12(9-7-11)16(26)20-19-15(25)10-23-17(27)24(22-21-23)14-5-3-2-4-13(14)18/h2-9H,10H2,1H3,(H,19,25)(H,20,26). The van der Waals surface area contributed by atoms with Crippen LogP contribution in [0.5, 0.6) is 0 Å². The summed E-state index contributed by atoms with van der Waals surface area (Å²) >= 11 is 6.03. The molecule has 27 heavy (non-hydrogen) atoms. The highest BCUT2D eigenvalue weighted by Crippen LogP contribution is 2.16. The fraction of sp³-hybridized carbons (Fsp3) is 0.118. The molecule has 1 aromatic heterocycles. The van der Waals surface area contributed by atoms with Gasteiger partial charge in [0, 0.05) is 5.56 Å². The number of nitrogens with zero attached hydrogens (tertiary/aromatic N) is 4. The number of nitrogens with one attached hydrogen (secondary N) is 2. The third-order valence-corrected chi connectivity index (χ3v) is 3.96. The van der Waals surface area contributed by atoms with Crippen LogP contribution in [0.2, 0.25) is 5.02 Å². The van der Waals surface area contributed by atoms with E-state index in [1.165, 1.54) is 0 Å². The Bertz CT molecular complexity index is 1040. The topological polar surface area (TPSA) is 111 Å². The van der Waals surface area contributed by atoms with Crippen molar-refractivity contribution in [3.8, 4) is 5.69 Å². The molecule has 0 saturated carbocycles. The second-order valence-electron chi connectivity index (χ2n) is 5.65. The number of aromatic nitrogens is 4. The van der Waals surface area contributed by atoms with Gasteiger partial charge in [-0.2, -0.15) is 9.36 Å². The van der Waals surface area contributed by atoms with Crippen LogP contribution in [0.25, 0.3) is 5.69 Å². The highest BCUT2D eigenvalue weighted by Gasteiger charge is 2.14. The summed E-state index contributed by atoms with van der Waals surface area (Å²) in [5, 5.41) is 7.69. The van der Waals surface area contributed by atoms with Crippen LogP contribution in [0.3, 0.4) is 0 Å². The molecule has 3 aromatic rings. The molecule has 0 fully saturated rings. The summed E-state index contributed by atoms with van der Waals surface area (Å²) < 4.78 is 1.84. The van der Waals surface area contributed by atoms with Crippen LogP contribution in [0.4, 0.5) is 0 Å². The monoisotopic (exact) mass is 386 g/mol. The normalized spacial score (nSPS) is 10.4. The van der Waals surface area contributed by atoms with Gasteiger partial charge in [0.05, 0.1) is 10.7 Å². The van der Waals surface area contributed by atoms with Gasteiger partial charge in [0.25, 0.3) is 11.8 Å². The quantitative estimate of drug-likeness (QED) is 0.646. The van der Waals surface area contributed by atoms with Crippen LogP contribution >= 0.6 is 11.6 Å². The number of rotatable bonds is 4. The van der Waals surface area contributed by atoms with Gasteiger partial charge in [-0.25, -0.2) is 4.79 Å². The lowest BCUT2D eigenvalue weighted by Crippen LogP contribution is -2.44. The van der Waals surface area contributed by atoms with Crippen molar-refractivity contribution in [2.45, 2.75) is 13.5 Å². The van der Waals surface area contributed by atoms with Crippen molar-refractivity contribution in [2.24, 2.45) is 0 Å². The third kappa shape index (κ3) is 4.21. The molecule has 0 saturated heterocycles. The van der Waals surface area contributed by atoms with Gasteiger partial charge in [0.15, 0.2) is 0 Å². The number of hydrogen-bond acceptors (Lipinski definition) is 5. The Morgan fingerprint density at radius 1 is 1.04 bits per heavy atom. The first-order valence-corrected chi connectivity index (χ1v) is 8.27. The van der Waals surface area contributed by atoms with Crippen LogP contribution < -0.4 is 16.5 Å². The number of amides is 2. The first-order valence-electron chi connectivity index (χ1n) is 7.89. The lowest BCUT2D eigenvalue weighted by molar-refractivity contribution is -0.122. The van der Waals surface area contributed by atoms with Crippen molar-refractivity contribution >= 4 is 23.4 Å². The van der Waals surface area contributed by atoms with Gasteiger partial charge in [0.1, 0.15) is 6.54 Å². The smallest absolute Gasteiger partial charge is 0.271 e. The van der Waals surface area contributed by atoms with Crippen molar-refractivity contribution in [3.63, 3.8) is 0 Å². The number of aryl methyl sites for hydroxylation is 1. The molecule has 0 atom stereocenters. The van der Waals surface area contributed by atoms with Gasteiger partial charge in [-0.1, -0.05) is 41.4 Å². The molecule has 0 radical (unpaired) electrons. The Morgan fingerprint density at radius 2 is 1.74 bits per heavy atom. The van der Waals surface area contributed by atoms with Crippen LogP contribution in [-0.4, -0.2) is 31.6 Å². The zero-order chi connectivity index (χ0) is 19.4. The molecule has 2 N–H and O–H groups in total. The molecule has 2 amide bonds. The van der Waals surface area contributed by atoms with E-state index in [0.717, 1.165) is 14.9 Å². The number of carbonyl (C=O) groups is 2. The Kier molecular flexibility index (Phi) is 5.32. The third-order valence-electron chi connectivity index (χ3n) is 3.64. The Hall–Kier alpha value is -3.46. The molecule has 2 aromatic carbocycles. The van der Waals surface area contributed by atoms with E-state index in [9.17, 15) is 14.4 Å². The molecule has 0 bridgehead atoms. The van der Waals surface area contributed by atoms with E-state index in [1.54, 1.807) is 48.5 Å². The second-order valence-corrected chi connectivity index (χ2v) is 6.06. The van der Waals surface area contributed by atoms with Gasteiger partial charge < -0.3 is 0 Å². The van der Waals surface area contributed by atoms with E-state index < -0.39 is 24.0 Å². The van der Waals surface area contributed by atoms with Crippen molar-refractivity contribution in [1.82, 2.24) is 30.6 Å². The maximum atomic E-state index is 12.3. The molecule has 10 heteroatoms. The summed E-state index contributed by atoms with van der Waals surface area (Å²) in [7, 11) is 0. The highest BCUT2D eigenvalue weighted by molar-refractivity contribution is 6.32. The van der Waals surface area contributed by atoms with E-state index in [1.807, 2.05) is 6.92 Å². The first-order chi connectivity index (χ1) is 13.0. The molecule has 9 nitrogen and oxygen atoms in total. The van der Waals surface area contributed by atoms with Gasteiger partial charge in [0.2, 0.25) is 0 Å². The van der Waals surface area contributed by atoms with Crippen molar-refractivity contribution in [1.29, 1.82) is 0 Å². The van der Waals surface area contributed by atoms with E-state index in [0.29, 0.717) is 16.3 Å². The van der Waals surface area contributed by atoms with Crippen molar-refractivity contribution in [3.05, 3.63) is 75.2 Å². The van der Waals surface area contributed by atoms with Crippen molar-refractivity contribution in [2.75, 3.05) is 0 Å². The molecule has 0 aliphatic heterocycles. The number of benzene rings is 2. The highest BCUT2D eigenvalue weighted by atomic mass is 35.5. The molecule has 1 heterocycles. The average Bonchev–Trinajstić information content (AvgIpc) is 3.01. The summed E-state index contributed by atoms with van der Waals surface area (Å²) in [5.74, 6) is -1.11. The zero-order valence-electron chi connectivity index (χ0n) is 14.2. The number of halogens is 1. The minimum atomic E-state index is -0.636. The maximum absolute atomic E-state index is 12.3. The Balaban J connectivity index is 1.63. The lowest BCUT2D eigenvalue weighted by Gasteiger charge is -2.07. The van der Waals surface area contributed by atoms with E-state index in [2.05, 4.69) is 21.3 Å². The minimum Gasteiger partial charge on any atom is -0.271 e. The van der Waals surface area contributed by atoms with E-state index in [-0.39, 0.29) is 0 Å². The Labute approximate surface area is 158 Å². The van der Waals surface area contributed by atoms with Crippen LogP contribution in [0, 0.1) is 6.92 Å². The predicted molar refractivity (Wildman–Crippen MR) is 97.4 cm³/mol. The van der Waals surface area contributed by atoms with Gasteiger partial charge in [-0.3, -0.25) is 20.4 Å². The number of hydrazine groups is 1. The fourth-order valence-electron chi connectivity index (χ4n) is 2.23. The number of hydrogen-bond donors (Lipinski definition) is 2. The first kappa shape index (κ1) is 18.3. The van der Waals surface area contributed by atoms with Crippen molar-refractivity contribution < 1.29 is 9.59 Å². The summed E-state index contributed by atoms with van der Waals surface area (Å²) in [4.78, 5) is 36.3. The number of tetrazole rings is 1. The van der Waals surface area contributed by atoms with Crippen LogP contribution in [0.1, 0.15) is 15.9 Å². The summed E-state index contributed by atoms with van der Waals surface area (Å²) in [6.07, 6.45) is 0. The molecule has 138 valence electrons. The van der Waals surface area contributed by atoms with E-state index in [4.69, 9.17) is 11.6 Å². The fourth-order valence-corrected chi connectivity index (χ4v) is 2.44. The average molecular weight is 387 g/mol. The molecule has 0 spiro atoms. The molecule has 0 aliphatic carbocycles. The SMILES string of the molecule is Cc1ccc(C(=O)NNC(=O)Cn2nnn(-c3ccccc3Cl)c2=O)cc1. The molecule has 0 unspecified atom stereocenters. The molecule has 3 rings (SSSR count).